The first-order chi connectivity index (χ1) is 20.9. The molecule has 0 aliphatic rings. The Morgan fingerprint density at radius 2 is 1.45 bits per heavy atom. The van der Waals surface area contributed by atoms with Crippen LogP contribution in [-0.4, -0.2) is 43.8 Å². The fourth-order valence-corrected chi connectivity index (χ4v) is 6.55. The van der Waals surface area contributed by atoms with Crippen molar-refractivity contribution in [1.29, 1.82) is 0 Å². The monoisotopic (exact) mass is 651 g/mol. The molecule has 1 atom stereocenters. The van der Waals surface area contributed by atoms with E-state index in [4.69, 9.17) is 23.2 Å². The van der Waals surface area contributed by atoms with E-state index in [1.807, 2.05) is 75.4 Å². The number of hydrogen-bond acceptors (Lipinski definition) is 4. The molecular formula is C34H35Cl2N3O4S. The zero-order chi connectivity index (χ0) is 31.9. The van der Waals surface area contributed by atoms with Crippen LogP contribution in [0, 0.1) is 6.92 Å². The minimum Gasteiger partial charge on any atom is -0.352 e. The molecule has 0 heterocycles. The van der Waals surface area contributed by atoms with E-state index >= 15 is 0 Å². The van der Waals surface area contributed by atoms with Crippen LogP contribution < -0.4 is 9.62 Å². The van der Waals surface area contributed by atoms with Crippen LogP contribution in [0.15, 0.2) is 108 Å². The summed E-state index contributed by atoms with van der Waals surface area (Å²) < 4.78 is 29.1. The van der Waals surface area contributed by atoms with Gasteiger partial charge in [-0.05, 0) is 74.4 Å². The molecule has 7 nitrogen and oxygen atoms in total. The highest BCUT2D eigenvalue weighted by atomic mass is 35.5. The number of nitrogens with zero attached hydrogens (tertiary/aromatic N) is 2. The highest BCUT2D eigenvalue weighted by Crippen LogP contribution is 2.28. The van der Waals surface area contributed by atoms with Gasteiger partial charge < -0.3 is 10.2 Å². The Labute approximate surface area is 269 Å². The number of aryl methyl sites for hydroxylation is 1. The zero-order valence-electron chi connectivity index (χ0n) is 24.8. The van der Waals surface area contributed by atoms with Gasteiger partial charge in [0.15, 0.2) is 0 Å². The molecule has 0 bridgehead atoms. The van der Waals surface area contributed by atoms with Gasteiger partial charge in [0.2, 0.25) is 11.8 Å². The summed E-state index contributed by atoms with van der Waals surface area (Å²) in [5, 5.41) is 3.64. The van der Waals surface area contributed by atoms with Crippen LogP contribution in [0.25, 0.3) is 0 Å². The van der Waals surface area contributed by atoms with Crippen molar-refractivity contribution in [1.82, 2.24) is 10.2 Å². The molecule has 1 N–H and O–H groups in total. The lowest BCUT2D eigenvalue weighted by atomic mass is 10.0. The molecular weight excluding hydrogens is 617 g/mol. The Hall–Kier alpha value is -3.85. The van der Waals surface area contributed by atoms with Crippen LogP contribution in [-0.2, 0) is 32.6 Å². The van der Waals surface area contributed by atoms with Crippen LogP contribution in [0.3, 0.4) is 0 Å². The predicted octanol–water partition coefficient (Wildman–Crippen LogP) is 6.66. The number of hydrogen-bond donors (Lipinski definition) is 1. The van der Waals surface area contributed by atoms with Crippen molar-refractivity contribution < 1.29 is 18.0 Å². The number of sulfonamides is 1. The fraction of sp³-hybridized carbons (Fsp3) is 0.235. The maximum absolute atomic E-state index is 14.4. The Balaban J connectivity index is 1.81. The molecule has 2 amide bonds. The number of halogens is 2. The van der Waals surface area contributed by atoms with Gasteiger partial charge in [0, 0.05) is 29.1 Å². The van der Waals surface area contributed by atoms with Crippen molar-refractivity contribution in [2.45, 2.75) is 50.7 Å². The summed E-state index contributed by atoms with van der Waals surface area (Å²) in [6, 6.07) is 28.0. The Morgan fingerprint density at radius 1 is 0.795 bits per heavy atom. The third kappa shape index (κ3) is 8.62. The number of anilines is 1. The summed E-state index contributed by atoms with van der Waals surface area (Å²) in [7, 11) is -4.25. The Bertz CT molecular complexity index is 1700. The molecule has 4 rings (SSSR count). The van der Waals surface area contributed by atoms with Gasteiger partial charge in [-0.2, -0.15) is 0 Å². The first kappa shape index (κ1) is 33.1. The minimum atomic E-state index is -4.25. The third-order valence-electron chi connectivity index (χ3n) is 6.91. The molecule has 0 aromatic heterocycles. The molecule has 0 saturated carbocycles. The second kappa shape index (κ2) is 14.8. The topological polar surface area (TPSA) is 86.8 Å². The molecule has 0 saturated heterocycles. The van der Waals surface area contributed by atoms with Crippen LogP contribution >= 0.6 is 23.2 Å². The predicted molar refractivity (Wildman–Crippen MR) is 176 cm³/mol. The summed E-state index contributed by atoms with van der Waals surface area (Å²) in [6.45, 7) is 5.17. The van der Waals surface area contributed by atoms with Crippen LogP contribution in [0.5, 0.6) is 0 Å². The molecule has 1 unspecified atom stereocenters. The molecule has 0 radical (unpaired) electrons. The molecule has 0 fully saturated rings. The maximum atomic E-state index is 14.4. The van der Waals surface area contributed by atoms with E-state index in [0.29, 0.717) is 10.0 Å². The Kier molecular flexibility index (Phi) is 11.1. The zero-order valence-corrected chi connectivity index (χ0v) is 27.1. The second-order valence-electron chi connectivity index (χ2n) is 10.8. The summed E-state index contributed by atoms with van der Waals surface area (Å²) in [4.78, 5) is 29.6. The Morgan fingerprint density at radius 3 is 2.09 bits per heavy atom. The van der Waals surface area contributed by atoms with E-state index in [-0.39, 0.29) is 35.5 Å². The van der Waals surface area contributed by atoms with E-state index in [0.717, 1.165) is 21.0 Å². The van der Waals surface area contributed by atoms with Gasteiger partial charge in [-0.1, -0.05) is 89.4 Å². The van der Waals surface area contributed by atoms with Gasteiger partial charge in [0.05, 0.1) is 10.6 Å². The first-order valence-corrected chi connectivity index (χ1v) is 16.4. The number of carbonyl (C=O) groups is 2. The number of amides is 2. The second-order valence-corrected chi connectivity index (χ2v) is 13.6. The average Bonchev–Trinajstić information content (AvgIpc) is 2.98. The lowest BCUT2D eigenvalue weighted by molar-refractivity contribution is -0.140. The molecule has 0 aliphatic heterocycles. The summed E-state index contributed by atoms with van der Waals surface area (Å²) in [5.74, 6) is -0.886. The summed E-state index contributed by atoms with van der Waals surface area (Å²) in [6.07, 6.45) is 0.234. The number of benzene rings is 4. The largest absolute Gasteiger partial charge is 0.352 e. The van der Waals surface area contributed by atoms with E-state index in [2.05, 4.69) is 5.32 Å². The fourth-order valence-electron chi connectivity index (χ4n) is 4.84. The van der Waals surface area contributed by atoms with E-state index in [1.54, 1.807) is 18.2 Å². The smallest absolute Gasteiger partial charge is 0.264 e. The first-order valence-electron chi connectivity index (χ1n) is 14.2. The van der Waals surface area contributed by atoms with Crippen molar-refractivity contribution >= 4 is 50.7 Å². The van der Waals surface area contributed by atoms with Gasteiger partial charge in [-0.15, -0.1) is 0 Å². The highest BCUT2D eigenvalue weighted by molar-refractivity contribution is 7.92. The van der Waals surface area contributed by atoms with Crippen molar-refractivity contribution in [3.05, 3.63) is 130 Å². The quantitative estimate of drug-likeness (QED) is 0.186. The maximum Gasteiger partial charge on any atom is 0.264 e. The summed E-state index contributed by atoms with van der Waals surface area (Å²) >= 11 is 12.3. The number of carbonyl (C=O) groups excluding carboxylic acids is 2. The van der Waals surface area contributed by atoms with E-state index in [9.17, 15) is 18.0 Å². The van der Waals surface area contributed by atoms with Crippen molar-refractivity contribution in [3.63, 3.8) is 0 Å². The lowest BCUT2D eigenvalue weighted by Crippen LogP contribution is -2.54. The van der Waals surface area contributed by atoms with Crippen LogP contribution in [0.4, 0.5) is 5.69 Å². The SMILES string of the molecule is Cc1cccc(CN(C(=O)CN(c2cccc(Cl)c2)S(=O)(=O)c2ccc(Cl)cc2)C(Cc2ccccc2)C(=O)NC(C)C)c1. The van der Waals surface area contributed by atoms with Gasteiger partial charge in [0.1, 0.15) is 12.6 Å². The van der Waals surface area contributed by atoms with E-state index < -0.39 is 28.5 Å². The van der Waals surface area contributed by atoms with Gasteiger partial charge in [-0.3, -0.25) is 13.9 Å². The van der Waals surface area contributed by atoms with Crippen molar-refractivity contribution in [2.75, 3.05) is 10.8 Å². The number of nitrogens with one attached hydrogen (secondary N) is 1. The standard InChI is InChI=1S/C34H35Cl2N3O4S/c1-24(2)37-34(41)32(20-26-10-5-4-6-11-26)38(22-27-12-7-9-25(3)19-27)33(40)23-39(30-14-8-13-29(36)21-30)44(42,43)31-17-15-28(35)16-18-31/h4-19,21,24,32H,20,22-23H2,1-3H3,(H,37,41). The van der Waals surface area contributed by atoms with Crippen LogP contribution in [0.1, 0.15) is 30.5 Å². The summed E-state index contributed by atoms with van der Waals surface area (Å²) in [5.41, 5.74) is 2.87. The molecule has 4 aromatic carbocycles. The van der Waals surface area contributed by atoms with Crippen molar-refractivity contribution in [3.8, 4) is 0 Å². The van der Waals surface area contributed by atoms with Gasteiger partial charge in [-0.25, -0.2) is 8.42 Å². The van der Waals surface area contributed by atoms with Gasteiger partial charge >= 0.3 is 0 Å². The lowest BCUT2D eigenvalue weighted by Gasteiger charge is -2.34. The third-order valence-corrected chi connectivity index (χ3v) is 9.19. The molecule has 0 aliphatic carbocycles. The molecule has 0 spiro atoms. The van der Waals surface area contributed by atoms with Crippen molar-refractivity contribution in [2.24, 2.45) is 0 Å². The number of rotatable bonds is 12. The molecule has 44 heavy (non-hydrogen) atoms. The normalized spacial score (nSPS) is 12.0. The van der Waals surface area contributed by atoms with Gasteiger partial charge in [0.25, 0.3) is 10.0 Å². The molecule has 230 valence electrons. The van der Waals surface area contributed by atoms with Crippen LogP contribution in [0.2, 0.25) is 10.0 Å². The average molecular weight is 653 g/mol. The van der Waals surface area contributed by atoms with E-state index in [1.165, 1.54) is 35.2 Å². The minimum absolute atomic E-state index is 0.0432. The molecule has 10 heteroatoms. The molecule has 4 aromatic rings. The highest BCUT2D eigenvalue weighted by Gasteiger charge is 2.35.